The third-order valence-corrected chi connectivity index (χ3v) is 5.32. The van der Waals surface area contributed by atoms with Gasteiger partial charge in [-0.3, -0.25) is 0 Å². The number of ether oxygens (including phenoxy) is 2. The van der Waals surface area contributed by atoms with Gasteiger partial charge in [0.1, 0.15) is 6.61 Å². The van der Waals surface area contributed by atoms with Crippen molar-refractivity contribution in [1.29, 1.82) is 0 Å². The second-order valence-electron chi connectivity index (χ2n) is 6.91. The summed E-state index contributed by atoms with van der Waals surface area (Å²) < 4.78 is 12.7. The summed E-state index contributed by atoms with van der Waals surface area (Å²) >= 11 is 3.58. The van der Waals surface area contributed by atoms with Crippen molar-refractivity contribution in [2.75, 3.05) is 13.7 Å². The summed E-state index contributed by atoms with van der Waals surface area (Å²) in [5, 5.41) is 3.57. The molecule has 0 bridgehead atoms. The van der Waals surface area contributed by atoms with Crippen LogP contribution in [0.1, 0.15) is 43.2 Å². The van der Waals surface area contributed by atoms with Crippen LogP contribution in [-0.2, 0) is 13.2 Å². The second kappa shape index (κ2) is 10.5. The molecular formula is C23H28BrNO2. The Bertz CT molecular complexity index is 758. The number of hydrogen-bond donors (Lipinski definition) is 1. The molecule has 0 aromatic heterocycles. The minimum atomic E-state index is 0.527. The van der Waals surface area contributed by atoms with Crippen molar-refractivity contribution in [2.24, 2.45) is 0 Å². The number of rotatable bonds is 9. The lowest BCUT2D eigenvalue weighted by molar-refractivity contribution is 0.280. The molecule has 0 heterocycles. The molecule has 1 N–H and O–H groups in total. The second-order valence-corrected chi connectivity index (χ2v) is 7.82. The standard InChI is InChI=1S/C23H28BrNO2/c1-26-22-15-21(24)14-20(16-25-13-12-18-8-4-2-5-9-18)23(22)27-17-19-10-6-3-7-11-19/h3,6-8,10-11,14-15,25H,2,4-5,9,12-13,16-17H2,1H3. The Labute approximate surface area is 170 Å². The molecule has 3 nitrogen and oxygen atoms in total. The summed E-state index contributed by atoms with van der Waals surface area (Å²) in [7, 11) is 1.68. The van der Waals surface area contributed by atoms with Crippen molar-refractivity contribution in [2.45, 2.75) is 45.3 Å². The summed E-state index contributed by atoms with van der Waals surface area (Å²) in [5.74, 6) is 1.57. The monoisotopic (exact) mass is 429 g/mol. The molecule has 0 saturated heterocycles. The first-order chi connectivity index (χ1) is 13.3. The Morgan fingerprint density at radius 2 is 1.96 bits per heavy atom. The van der Waals surface area contributed by atoms with Crippen molar-refractivity contribution >= 4 is 15.9 Å². The Morgan fingerprint density at radius 1 is 1.11 bits per heavy atom. The van der Waals surface area contributed by atoms with Gasteiger partial charge in [-0.25, -0.2) is 0 Å². The zero-order valence-corrected chi connectivity index (χ0v) is 17.6. The molecule has 0 saturated carbocycles. The Balaban J connectivity index is 1.63. The van der Waals surface area contributed by atoms with Gasteiger partial charge in [0, 0.05) is 16.6 Å². The highest BCUT2D eigenvalue weighted by atomic mass is 79.9. The van der Waals surface area contributed by atoms with Crippen LogP contribution in [0.3, 0.4) is 0 Å². The molecule has 1 aliphatic carbocycles. The maximum absolute atomic E-state index is 6.15. The van der Waals surface area contributed by atoms with Crippen LogP contribution in [0.15, 0.2) is 58.6 Å². The van der Waals surface area contributed by atoms with Crippen LogP contribution in [0.25, 0.3) is 0 Å². The number of benzene rings is 2. The Kier molecular flexibility index (Phi) is 7.79. The van der Waals surface area contributed by atoms with E-state index in [2.05, 4.69) is 45.5 Å². The van der Waals surface area contributed by atoms with Crippen LogP contribution < -0.4 is 14.8 Å². The first-order valence-electron chi connectivity index (χ1n) is 9.68. The van der Waals surface area contributed by atoms with Crippen molar-refractivity contribution < 1.29 is 9.47 Å². The third-order valence-electron chi connectivity index (χ3n) is 4.87. The van der Waals surface area contributed by atoms with Crippen LogP contribution in [0.2, 0.25) is 0 Å². The first-order valence-corrected chi connectivity index (χ1v) is 10.5. The lowest BCUT2D eigenvalue weighted by Gasteiger charge is -2.17. The van der Waals surface area contributed by atoms with E-state index >= 15 is 0 Å². The lowest BCUT2D eigenvalue weighted by atomic mass is 9.97. The topological polar surface area (TPSA) is 30.5 Å². The van der Waals surface area contributed by atoms with E-state index in [4.69, 9.17) is 9.47 Å². The fourth-order valence-corrected chi connectivity index (χ4v) is 3.89. The summed E-state index contributed by atoms with van der Waals surface area (Å²) in [6.07, 6.45) is 8.74. The van der Waals surface area contributed by atoms with Crippen molar-refractivity contribution in [3.8, 4) is 11.5 Å². The zero-order chi connectivity index (χ0) is 18.9. The van der Waals surface area contributed by atoms with E-state index in [1.54, 1.807) is 12.7 Å². The summed E-state index contributed by atoms with van der Waals surface area (Å²) in [4.78, 5) is 0. The van der Waals surface area contributed by atoms with Gasteiger partial charge in [0.25, 0.3) is 0 Å². The average molecular weight is 430 g/mol. The normalized spacial score (nSPS) is 13.9. The van der Waals surface area contributed by atoms with Gasteiger partial charge in [-0.2, -0.15) is 0 Å². The molecule has 2 aromatic rings. The molecular weight excluding hydrogens is 402 g/mol. The van der Waals surface area contributed by atoms with Crippen molar-refractivity contribution in [3.05, 3.63) is 69.7 Å². The SMILES string of the molecule is COc1cc(Br)cc(CNCCC2=CCCCC2)c1OCc1ccccc1. The fraction of sp³-hybridized carbons (Fsp3) is 0.391. The van der Waals surface area contributed by atoms with Gasteiger partial charge >= 0.3 is 0 Å². The number of allylic oxidation sites excluding steroid dienone is 1. The van der Waals surface area contributed by atoms with Crippen LogP contribution in [-0.4, -0.2) is 13.7 Å². The number of nitrogens with one attached hydrogen (secondary N) is 1. The molecule has 3 rings (SSSR count). The van der Waals surface area contributed by atoms with Crippen LogP contribution in [0.5, 0.6) is 11.5 Å². The summed E-state index contributed by atoms with van der Waals surface area (Å²) in [6.45, 7) is 2.27. The lowest BCUT2D eigenvalue weighted by Crippen LogP contribution is -2.16. The van der Waals surface area contributed by atoms with E-state index in [1.807, 2.05) is 24.3 Å². The molecule has 2 aromatic carbocycles. The highest BCUT2D eigenvalue weighted by molar-refractivity contribution is 9.10. The molecule has 27 heavy (non-hydrogen) atoms. The quantitative estimate of drug-likeness (QED) is 0.390. The highest BCUT2D eigenvalue weighted by Crippen LogP contribution is 2.35. The zero-order valence-electron chi connectivity index (χ0n) is 16.0. The fourth-order valence-electron chi connectivity index (χ4n) is 3.40. The smallest absolute Gasteiger partial charge is 0.166 e. The molecule has 0 radical (unpaired) electrons. The maximum Gasteiger partial charge on any atom is 0.166 e. The van der Waals surface area contributed by atoms with E-state index < -0.39 is 0 Å². The minimum Gasteiger partial charge on any atom is -0.493 e. The Hall–Kier alpha value is -1.78. The van der Waals surface area contributed by atoms with Gasteiger partial charge in [-0.05, 0) is 56.3 Å². The molecule has 1 aliphatic rings. The highest BCUT2D eigenvalue weighted by Gasteiger charge is 2.13. The van der Waals surface area contributed by atoms with Gasteiger partial charge in [-0.1, -0.05) is 57.9 Å². The van der Waals surface area contributed by atoms with Crippen LogP contribution in [0.4, 0.5) is 0 Å². The summed E-state index contributed by atoms with van der Waals surface area (Å²) in [6, 6.07) is 14.3. The first kappa shape index (κ1) is 20.0. The molecule has 0 unspecified atom stereocenters. The van der Waals surface area contributed by atoms with E-state index in [0.29, 0.717) is 6.61 Å². The van der Waals surface area contributed by atoms with E-state index in [-0.39, 0.29) is 0 Å². The number of hydrogen-bond acceptors (Lipinski definition) is 3. The molecule has 0 aliphatic heterocycles. The van der Waals surface area contributed by atoms with Gasteiger partial charge in [0.05, 0.1) is 7.11 Å². The largest absolute Gasteiger partial charge is 0.493 e. The molecule has 0 fully saturated rings. The van der Waals surface area contributed by atoms with Gasteiger partial charge in [0.2, 0.25) is 0 Å². The summed E-state index contributed by atoms with van der Waals surface area (Å²) in [5.41, 5.74) is 3.85. The molecule has 0 spiro atoms. The number of halogens is 1. The van der Waals surface area contributed by atoms with Gasteiger partial charge in [-0.15, -0.1) is 0 Å². The van der Waals surface area contributed by atoms with Gasteiger partial charge < -0.3 is 14.8 Å². The Morgan fingerprint density at radius 3 is 2.70 bits per heavy atom. The minimum absolute atomic E-state index is 0.527. The molecule has 0 atom stereocenters. The van der Waals surface area contributed by atoms with E-state index in [9.17, 15) is 0 Å². The van der Waals surface area contributed by atoms with E-state index in [1.165, 1.54) is 25.7 Å². The predicted molar refractivity (Wildman–Crippen MR) is 114 cm³/mol. The average Bonchev–Trinajstić information content (AvgIpc) is 2.71. The molecule has 144 valence electrons. The number of methoxy groups -OCH3 is 1. The predicted octanol–water partition coefficient (Wildman–Crippen LogP) is 6.02. The van der Waals surface area contributed by atoms with Crippen LogP contribution in [0, 0.1) is 0 Å². The van der Waals surface area contributed by atoms with Crippen molar-refractivity contribution in [3.63, 3.8) is 0 Å². The third kappa shape index (κ3) is 6.12. The van der Waals surface area contributed by atoms with E-state index in [0.717, 1.165) is 46.6 Å². The van der Waals surface area contributed by atoms with Crippen LogP contribution >= 0.6 is 15.9 Å². The van der Waals surface area contributed by atoms with Crippen molar-refractivity contribution in [1.82, 2.24) is 5.32 Å². The molecule has 0 amide bonds. The maximum atomic E-state index is 6.15. The van der Waals surface area contributed by atoms with Gasteiger partial charge in [0.15, 0.2) is 11.5 Å². The molecule has 4 heteroatoms.